The van der Waals surface area contributed by atoms with Crippen molar-refractivity contribution in [2.75, 3.05) is 11.4 Å². The van der Waals surface area contributed by atoms with Crippen LogP contribution in [0.25, 0.3) is 0 Å². The first kappa shape index (κ1) is 10.1. The zero-order chi connectivity index (χ0) is 11.0. The van der Waals surface area contributed by atoms with E-state index in [9.17, 15) is 0 Å². The van der Waals surface area contributed by atoms with E-state index in [1.807, 2.05) is 0 Å². The lowest BCUT2D eigenvalue weighted by molar-refractivity contribution is 0.339. The van der Waals surface area contributed by atoms with Crippen LogP contribution in [0.5, 0.6) is 0 Å². The van der Waals surface area contributed by atoms with Gasteiger partial charge in [0.2, 0.25) is 5.89 Å². The molecule has 1 saturated carbocycles. The SMILES string of the molecule is NCc1nnc(N2CCCC3CCCC32)o1. The van der Waals surface area contributed by atoms with Gasteiger partial charge in [0, 0.05) is 12.6 Å². The van der Waals surface area contributed by atoms with E-state index in [1.165, 1.54) is 32.1 Å². The summed E-state index contributed by atoms with van der Waals surface area (Å²) >= 11 is 0. The van der Waals surface area contributed by atoms with Crippen LogP contribution in [0.1, 0.15) is 38.0 Å². The van der Waals surface area contributed by atoms with Gasteiger partial charge in [0.1, 0.15) is 0 Å². The third-order valence-electron chi connectivity index (χ3n) is 3.87. The molecule has 2 atom stereocenters. The molecule has 1 aliphatic carbocycles. The lowest BCUT2D eigenvalue weighted by atomic mass is 9.92. The molecular weight excluding hydrogens is 204 g/mol. The van der Waals surface area contributed by atoms with E-state index < -0.39 is 0 Å². The molecule has 2 N–H and O–H groups in total. The van der Waals surface area contributed by atoms with E-state index in [4.69, 9.17) is 10.2 Å². The molecule has 1 saturated heterocycles. The topological polar surface area (TPSA) is 68.2 Å². The molecule has 2 heterocycles. The van der Waals surface area contributed by atoms with Gasteiger partial charge in [-0.25, -0.2) is 0 Å². The van der Waals surface area contributed by atoms with Crippen LogP contribution in [-0.2, 0) is 6.54 Å². The quantitative estimate of drug-likeness (QED) is 0.816. The largest absolute Gasteiger partial charge is 0.407 e. The van der Waals surface area contributed by atoms with Gasteiger partial charge in [-0.15, -0.1) is 5.10 Å². The molecule has 5 nitrogen and oxygen atoms in total. The highest BCUT2D eigenvalue weighted by Gasteiger charge is 2.37. The Labute approximate surface area is 95.0 Å². The fraction of sp³-hybridized carbons (Fsp3) is 0.818. The summed E-state index contributed by atoms with van der Waals surface area (Å²) in [4.78, 5) is 2.30. The summed E-state index contributed by atoms with van der Waals surface area (Å²) in [6.07, 6.45) is 6.56. The Hall–Kier alpha value is -1.10. The van der Waals surface area contributed by atoms with Gasteiger partial charge in [-0.1, -0.05) is 11.5 Å². The third kappa shape index (κ3) is 1.59. The number of nitrogens with zero attached hydrogens (tertiary/aromatic N) is 3. The maximum absolute atomic E-state index is 5.56. The number of hydrogen-bond acceptors (Lipinski definition) is 5. The minimum Gasteiger partial charge on any atom is -0.407 e. The van der Waals surface area contributed by atoms with Crippen molar-refractivity contribution in [1.82, 2.24) is 10.2 Å². The molecular formula is C11H18N4O. The molecule has 1 aromatic rings. The van der Waals surface area contributed by atoms with Gasteiger partial charge in [-0.3, -0.25) is 0 Å². The van der Waals surface area contributed by atoms with Crippen molar-refractivity contribution in [3.8, 4) is 0 Å². The highest BCUT2D eigenvalue weighted by atomic mass is 16.4. The van der Waals surface area contributed by atoms with E-state index in [1.54, 1.807) is 0 Å². The first-order valence-corrected chi connectivity index (χ1v) is 6.17. The van der Waals surface area contributed by atoms with Gasteiger partial charge in [0.05, 0.1) is 6.54 Å². The molecule has 0 radical (unpaired) electrons. The molecule has 88 valence electrons. The predicted octanol–water partition coefficient (Wildman–Crippen LogP) is 1.30. The van der Waals surface area contributed by atoms with Crippen molar-refractivity contribution in [1.29, 1.82) is 0 Å². The molecule has 16 heavy (non-hydrogen) atoms. The zero-order valence-corrected chi connectivity index (χ0v) is 9.43. The van der Waals surface area contributed by atoms with Crippen LogP contribution >= 0.6 is 0 Å². The zero-order valence-electron chi connectivity index (χ0n) is 9.43. The predicted molar refractivity (Wildman–Crippen MR) is 59.9 cm³/mol. The van der Waals surface area contributed by atoms with Gasteiger partial charge in [0.15, 0.2) is 0 Å². The van der Waals surface area contributed by atoms with Crippen LogP contribution in [0.3, 0.4) is 0 Å². The minimum absolute atomic E-state index is 0.328. The Morgan fingerprint density at radius 1 is 1.25 bits per heavy atom. The second-order valence-corrected chi connectivity index (χ2v) is 4.78. The monoisotopic (exact) mass is 222 g/mol. The molecule has 2 fully saturated rings. The number of aromatic nitrogens is 2. The summed E-state index contributed by atoms with van der Waals surface area (Å²) in [6, 6.07) is 1.30. The maximum Gasteiger partial charge on any atom is 0.318 e. The lowest BCUT2D eigenvalue weighted by Crippen LogP contribution is -2.42. The van der Waals surface area contributed by atoms with Crippen LogP contribution < -0.4 is 10.6 Å². The standard InChI is InChI=1S/C11H18N4O/c12-7-10-13-14-11(16-10)15-6-2-4-8-3-1-5-9(8)15/h8-9H,1-7,12H2. The summed E-state index contributed by atoms with van der Waals surface area (Å²) in [5, 5.41) is 8.04. The average molecular weight is 222 g/mol. The van der Waals surface area contributed by atoms with E-state index in [0.717, 1.165) is 12.5 Å². The van der Waals surface area contributed by atoms with Crippen LogP contribution in [0.2, 0.25) is 0 Å². The maximum atomic E-state index is 5.56. The second kappa shape index (κ2) is 4.05. The highest BCUT2D eigenvalue weighted by molar-refractivity contribution is 5.29. The van der Waals surface area contributed by atoms with Crippen LogP contribution in [0.15, 0.2) is 4.42 Å². The number of rotatable bonds is 2. The Morgan fingerprint density at radius 3 is 2.94 bits per heavy atom. The van der Waals surface area contributed by atoms with Gasteiger partial charge < -0.3 is 15.1 Å². The van der Waals surface area contributed by atoms with Gasteiger partial charge in [0.25, 0.3) is 0 Å². The van der Waals surface area contributed by atoms with Gasteiger partial charge in [-0.2, -0.15) is 0 Å². The lowest BCUT2D eigenvalue weighted by Gasteiger charge is -2.36. The molecule has 0 aromatic carbocycles. The van der Waals surface area contributed by atoms with E-state index in [0.29, 0.717) is 24.5 Å². The second-order valence-electron chi connectivity index (χ2n) is 4.78. The Kier molecular flexibility index (Phi) is 2.55. The molecule has 2 unspecified atom stereocenters. The molecule has 2 aliphatic rings. The normalized spacial score (nSPS) is 29.4. The smallest absolute Gasteiger partial charge is 0.318 e. The van der Waals surface area contributed by atoms with Crippen molar-refractivity contribution >= 4 is 6.01 Å². The highest BCUT2D eigenvalue weighted by Crippen LogP contribution is 2.38. The molecule has 3 rings (SSSR count). The van der Waals surface area contributed by atoms with Crippen molar-refractivity contribution in [2.45, 2.75) is 44.7 Å². The number of anilines is 1. The number of nitrogens with two attached hydrogens (primary N) is 1. The van der Waals surface area contributed by atoms with Crippen LogP contribution in [0.4, 0.5) is 6.01 Å². The first-order valence-electron chi connectivity index (χ1n) is 6.17. The number of fused-ring (bicyclic) bond motifs is 1. The van der Waals surface area contributed by atoms with Crippen molar-refractivity contribution in [2.24, 2.45) is 11.7 Å². The number of hydrogen-bond donors (Lipinski definition) is 1. The van der Waals surface area contributed by atoms with Crippen molar-refractivity contribution < 1.29 is 4.42 Å². The van der Waals surface area contributed by atoms with E-state index in [-0.39, 0.29) is 0 Å². The van der Waals surface area contributed by atoms with Gasteiger partial charge >= 0.3 is 6.01 Å². The minimum atomic E-state index is 0.328. The Morgan fingerprint density at radius 2 is 2.12 bits per heavy atom. The molecule has 0 spiro atoms. The van der Waals surface area contributed by atoms with Gasteiger partial charge in [-0.05, 0) is 31.6 Å². The molecule has 0 bridgehead atoms. The van der Waals surface area contributed by atoms with Crippen molar-refractivity contribution in [3.63, 3.8) is 0 Å². The average Bonchev–Trinajstić information content (AvgIpc) is 2.97. The Balaban J connectivity index is 1.82. The Bertz CT molecular complexity index is 365. The van der Waals surface area contributed by atoms with Crippen LogP contribution in [-0.4, -0.2) is 22.8 Å². The van der Waals surface area contributed by atoms with Crippen molar-refractivity contribution in [3.05, 3.63) is 5.89 Å². The summed E-state index contributed by atoms with van der Waals surface area (Å²) < 4.78 is 5.56. The molecule has 1 aliphatic heterocycles. The summed E-state index contributed by atoms with van der Waals surface area (Å²) in [5.74, 6) is 1.37. The summed E-state index contributed by atoms with van der Waals surface area (Å²) in [5.41, 5.74) is 5.48. The van der Waals surface area contributed by atoms with E-state index in [2.05, 4.69) is 15.1 Å². The first-order chi connectivity index (χ1) is 7.88. The van der Waals surface area contributed by atoms with Crippen LogP contribution in [0, 0.1) is 5.92 Å². The van der Waals surface area contributed by atoms with E-state index >= 15 is 0 Å². The number of piperidine rings is 1. The molecule has 1 aromatic heterocycles. The fourth-order valence-electron chi connectivity index (χ4n) is 3.13. The summed E-state index contributed by atoms with van der Waals surface area (Å²) in [6.45, 7) is 1.38. The fourth-order valence-corrected chi connectivity index (χ4v) is 3.13. The molecule has 0 amide bonds. The third-order valence-corrected chi connectivity index (χ3v) is 3.87. The molecule has 5 heteroatoms. The summed E-state index contributed by atoms with van der Waals surface area (Å²) in [7, 11) is 0.